The van der Waals surface area contributed by atoms with Gasteiger partial charge in [0.25, 0.3) is 0 Å². The number of hydrogen-bond acceptors (Lipinski definition) is 2. The maximum Gasteiger partial charge on any atom is 0.0107 e. The van der Waals surface area contributed by atoms with E-state index in [-0.39, 0.29) is 0 Å². The number of nitrogens with zero attached hydrogens (tertiary/aromatic N) is 1. The maximum absolute atomic E-state index is 3.67. The Bertz CT molecular complexity index is 203. The molecule has 108 valence electrons. The predicted octanol–water partition coefficient (Wildman–Crippen LogP) is 3.52. The lowest BCUT2D eigenvalue weighted by Gasteiger charge is -2.20. The summed E-state index contributed by atoms with van der Waals surface area (Å²) in [4.78, 5) is 2.64. The Morgan fingerprint density at radius 3 is 2.61 bits per heavy atom. The normalized spacial score (nSPS) is 22.8. The fourth-order valence-electron chi connectivity index (χ4n) is 2.88. The fourth-order valence-corrected chi connectivity index (χ4v) is 2.88. The van der Waals surface area contributed by atoms with E-state index in [1.54, 1.807) is 0 Å². The fraction of sp³-hybridized carbons (Fsp3) is 1.00. The lowest BCUT2D eigenvalue weighted by molar-refractivity contribution is 0.296. The molecule has 1 aliphatic heterocycles. The molecule has 2 nitrogen and oxygen atoms in total. The van der Waals surface area contributed by atoms with Crippen molar-refractivity contribution in [3.63, 3.8) is 0 Å². The van der Waals surface area contributed by atoms with E-state index in [9.17, 15) is 0 Å². The molecular weight excluding hydrogens is 220 g/mol. The van der Waals surface area contributed by atoms with Crippen molar-refractivity contribution in [3.05, 3.63) is 0 Å². The summed E-state index contributed by atoms with van der Waals surface area (Å²) in [6, 6.07) is 0.694. The highest BCUT2D eigenvalue weighted by molar-refractivity contribution is 4.78. The molecule has 1 heterocycles. The van der Waals surface area contributed by atoms with E-state index in [1.807, 2.05) is 0 Å². The van der Waals surface area contributed by atoms with Gasteiger partial charge < -0.3 is 10.2 Å². The van der Waals surface area contributed by atoms with E-state index >= 15 is 0 Å². The molecule has 0 saturated carbocycles. The van der Waals surface area contributed by atoms with Crippen LogP contribution in [0.2, 0.25) is 0 Å². The molecule has 1 rings (SSSR count). The van der Waals surface area contributed by atoms with Crippen molar-refractivity contribution >= 4 is 0 Å². The van der Waals surface area contributed by atoms with Crippen LogP contribution in [0.25, 0.3) is 0 Å². The average Bonchev–Trinajstić information content (AvgIpc) is 2.78. The standard InChI is InChI=1S/C16H34N2/c1-5-6-7-8-15(4)17-10-12-18-11-9-16(13-18)14(2)3/h14-17H,5-13H2,1-4H3. The molecule has 0 radical (unpaired) electrons. The monoisotopic (exact) mass is 254 g/mol. The minimum absolute atomic E-state index is 0.694. The van der Waals surface area contributed by atoms with E-state index in [0.29, 0.717) is 6.04 Å². The molecular formula is C16H34N2. The zero-order valence-corrected chi connectivity index (χ0v) is 13.0. The summed E-state index contributed by atoms with van der Waals surface area (Å²) in [6.07, 6.45) is 6.83. The van der Waals surface area contributed by atoms with E-state index in [4.69, 9.17) is 0 Å². The van der Waals surface area contributed by atoms with E-state index in [0.717, 1.165) is 18.4 Å². The second kappa shape index (κ2) is 8.92. The van der Waals surface area contributed by atoms with Crippen LogP contribution in [0.1, 0.15) is 59.8 Å². The molecule has 0 aliphatic carbocycles. The van der Waals surface area contributed by atoms with Gasteiger partial charge in [0, 0.05) is 25.7 Å². The van der Waals surface area contributed by atoms with Crippen molar-refractivity contribution in [1.29, 1.82) is 0 Å². The van der Waals surface area contributed by atoms with Gasteiger partial charge in [-0.05, 0) is 38.1 Å². The summed E-state index contributed by atoms with van der Waals surface area (Å²) in [7, 11) is 0. The summed E-state index contributed by atoms with van der Waals surface area (Å²) in [5, 5.41) is 3.67. The number of nitrogens with one attached hydrogen (secondary N) is 1. The van der Waals surface area contributed by atoms with E-state index in [2.05, 4.69) is 37.9 Å². The first-order chi connectivity index (χ1) is 8.63. The topological polar surface area (TPSA) is 15.3 Å². The molecule has 1 saturated heterocycles. The summed E-state index contributed by atoms with van der Waals surface area (Å²) in [5.74, 6) is 1.79. The van der Waals surface area contributed by atoms with Crippen LogP contribution in [-0.4, -0.2) is 37.1 Å². The third-order valence-corrected chi connectivity index (χ3v) is 4.41. The quantitative estimate of drug-likeness (QED) is 0.633. The lowest BCUT2D eigenvalue weighted by Crippen LogP contribution is -2.35. The largest absolute Gasteiger partial charge is 0.313 e. The molecule has 0 aromatic carbocycles. The predicted molar refractivity (Wildman–Crippen MR) is 81.0 cm³/mol. The molecule has 2 unspecified atom stereocenters. The minimum Gasteiger partial charge on any atom is -0.313 e. The Balaban J connectivity index is 2.01. The Hall–Kier alpha value is -0.0800. The molecule has 0 aromatic heterocycles. The van der Waals surface area contributed by atoms with Gasteiger partial charge in [-0.25, -0.2) is 0 Å². The summed E-state index contributed by atoms with van der Waals surface area (Å²) >= 11 is 0. The van der Waals surface area contributed by atoms with Gasteiger partial charge in [0.2, 0.25) is 0 Å². The molecule has 0 bridgehead atoms. The van der Waals surface area contributed by atoms with Crippen LogP contribution < -0.4 is 5.32 Å². The van der Waals surface area contributed by atoms with Gasteiger partial charge in [-0.15, -0.1) is 0 Å². The zero-order chi connectivity index (χ0) is 13.4. The smallest absolute Gasteiger partial charge is 0.0107 e. The highest BCUT2D eigenvalue weighted by Crippen LogP contribution is 2.22. The number of hydrogen-bond donors (Lipinski definition) is 1. The Kier molecular flexibility index (Phi) is 7.92. The molecule has 2 atom stereocenters. The average molecular weight is 254 g/mol. The number of rotatable bonds is 9. The van der Waals surface area contributed by atoms with Crippen molar-refractivity contribution < 1.29 is 0 Å². The van der Waals surface area contributed by atoms with Gasteiger partial charge in [0.15, 0.2) is 0 Å². The summed E-state index contributed by atoms with van der Waals surface area (Å²) in [6.45, 7) is 14.4. The molecule has 2 heteroatoms. The van der Waals surface area contributed by atoms with Gasteiger partial charge in [0.1, 0.15) is 0 Å². The van der Waals surface area contributed by atoms with Crippen LogP contribution in [0.3, 0.4) is 0 Å². The van der Waals surface area contributed by atoms with Gasteiger partial charge in [-0.2, -0.15) is 0 Å². The third kappa shape index (κ3) is 6.19. The lowest BCUT2D eigenvalue weighted by atomic mass is 9.95. The van der Waals surface area contributed by atoms with Crippen LogP contribution in [0.4, 0.5) is 0 Å². The van der Waals surface area contributed by atoms with Crippen LogP contribution in [0, 0.1) is 11.8 Å². The first-order valence-corrected chi connectivity index (χ1v) is 8.09. The van der Waals surface area contributed by atoms with Crippen LogP contribution in [-0.2, 0) is 0 Å². The van der Waals surface area contributed by atoms with Crippen LogP contribution in [0.15, 0.2) is 0 Å². The molecule has 0 aromatic rings. The second-order valence-electron chi connectivity index (χ2n) is 6.44. The van der Waals surface area contributed by atoms with Crippen LogP contribution >= 0.6 is 0 Å². The molecule has 1 aliphatic rings. The zero-order valence-electron chi connectivity index (χ0n) is 13.0. The number of likely N-dealkylation sites (tertiary alicyclic amines) is 1. The minimum atomic E-state index is 0.694. The van der Waals surface area contributed by atoms with Crippen molar-refractivity contribution in [2.24, 2.45) is 11.8 Å². The van der Waals surface area contributed by atoms with Crippen molar-refractivity contribution in [3.8, 4) is 0 Å². The maximum atomic E-state index is 3.67. The third-order valence-electron chi connectivity index (χ3n) is 4.41. The van der Waals surface area contributed by atoms with Gasteiger partial charge in [-0.3, -0.25) is 0 Å². The second-order valence-corrected chi connectivity index (χ2v) is 6.44. The van der Waals surface area contributed by atoms with E-state index in [1.165, 1.54) is 51.7 Å². The molecule has 1 fully saturated rings. The molecule has 18 heavy (non-hydrogen) atoms. The Morgan fingerprint density at radius 1 is 1.22 bits per heavy atom. The van der Waals surface area contributed by atoms with Crippen molar-refractivity contribution in [2.75, 3.05) is 26.2 Å². The molecule has 0 spiro atoms. The highest BCUT2D eigenvalue weighted by atomic mass is 15.2. The molecule has 0 amide bonds. The van der Waals surface area contributed by atoms with Gasteiger partial charge >= 0.3 is 0 Å². The van der Waals surface area contributed by atoms with Crippen LogP contribution in [0.5, 0.6) is 0 Å². The van der Waals surface area contributed by atoms with E-state index < -0.39 is 0 Å². The summed E-state index contributed by atoms with van der Waals surface area (Å²) in [5.41, 5.74) is 0. The van der Waals surface area contributed by atoms with Gasteiger partial charge in [-0.1, -0.05) is 40.0 Å². The first kappa shape index (κ1) is 16.0. The first-order valence-electron chi connectivity index (χ1n) is 8.09. The Labute approximate surface area is 115 Å². The van der Waals surface area contributed by atoms with Crippen molar-refractivity contribution in [1.82, 2.24) is 10.2 Å². The van der Waals surface area contributed by atoms with Gasteiger partial charge in [0.05, 0.1) is 0 Å². The Morgan fingerprint density at radius 2 is 2.00 bits per heavy atom. The highest BCUT2D eigenvalue weighted by Gasteiger charge is 2.24. The summed E-state index contributed by atoms with van der Waals surface area (Å²) < 4.78 is 0. The molecule has 1 N–H and O–H groups in total. The van der Waals surface area contributed by atoms with Crippen molar-refractivity contribution in [2.45, 2.75) is 65.8 Å². The number of unbranched alkanes of at least 4 members (excludes halogenated alkanes) is 2. The SMILES string of the molecule is CCCCCC(C)NCCN1CCC(C(C)C)C1.